The molecule has 0 bridgehead atoms. The Bertz CT molecular complexity index is 1060. The van der Waals surface area contributed by atoms with Crippen molar-refractivity contribution in [1.29, 1.82) is 0 Å². The van der Waals surface area contributed by atoms with Crippen molar-refractivity contribution in [2.24, 2.45) is 0 Å². The summed E-state index contributed by atoms with van der Waals surface area (Å²) in [6.45, 7) is 1.59. The second-order valence-electron chi connectivity index (χ2n) is 6.17. The van der Waals surface area contributed by atoms with E-state index in [0.717, 1.165) is 10.8 Å². The molecule has 0 fully saturated rings. The summed E-state index contributed by atoms with van der Waals surface area (Å²) in [7, 11) is 0. The standard InChI is InChI=1S/C21H18FN3O3S/c1-13(28-18-11-8-14-4-2-3-5-16(14)12-18)19(26)24-25-21(29)23-20(27)15-6-9-17(22)10-7-15/h2-13H,1H3,(H,24,26)(H2,23,25,27,29)/t13-/m0/s1. The van der Waals surface area contributed by atoms with Gasteiger partial charge >= 0.3 is 0 Å². The molecule has 6 nitrogen and oxygen atoms in total. The maximum absolute atomic E-state index is 12.9. The average molecular weight is 411 g/mol. The number of rotatable bonds is 4. The van der Waals surface area contributed by atoms with Gasteiger partial charge in [0.15, 0.2) is 11.2 Å². The number of thiocarbonyl (C=S) groups is 1. The number of hydrazine groups is 1. The molecule has 148 valence electrons. The maximum Gasteiger partial charge on any atom is 0.279 e. The first-order valence-corrected chi connectivity index (χ1v) is 9.15. The molecular formula is C21H18FN3O3S. The van der Waals surface area contributed by atoms with Gasteiger partial charge in [-0.25, -0.2) is 4.39 Å². The number of nitrogens with one attached hydrogen (secondary N) is 3. The fraction of sp³-hybridized carbons (Fsp3) is 0.0952. The third-order valence-corrected chi connectivity index (χ3v) is 4.24. The maximum atomic E-state index is 12.9. The molecule has 3 N–H and O–H groups in total. The summed E-state index contributed by atoms with van der Waals surface area (Å²) in [6, 6.07) is 18.3. The van der Waals surface area contributed by atoms with Gasteiger partial charge in [-0.3, -0.25) is 25.8 Å². The van der Waals surface area contributed by atoms with Crippen LogP contribution in [0.25, 0.3) is 10.8 Å². The lowest BCUT2D eigenvalue weighted by atomic mass is 10.1. The Labute approximate surface area is 172 Å². The highest BCUT2D eigenvalue weighted by atomic mass is 32.1. The second-order valence-corrected chi connectivity index (χ2v) is 6.58. The quantitative estimate of drug-likeness (QED) is 0.454. The zero-order valence-electron chi connectivity index (χ0n) is 15.4. The first kappa shape index (κ1) is 20.2. The molecule has 0 radical (unpaired) electrons. The van der Waals surface area contributed by atoms with Crippen molar-refractivity contribution in [2.75, 3.05) is 0 Å². The highest BCUT2D eigenvalue weighted by Crippen LogP contribution is 2.21. The molecule has 0 aromatic heterocycles. The van der Waals surface area contributed by atoms with Crippen LogP contribution in [0.1, 0.15) is 17.3 Å². The van der Waals surface area contributed by atoms with E-state index in [-0.39, 0.29) is 10.7 Å². The molecular weight excluding hydrogens is 393 g/mol. The van der Waals surface area contributed by atoms with Gasteiger partial charge in [0, 0.05) is 5.56 Å². The molecule has 0 spiro atoms. The van der Waals surface area contributed by atoms with Gasteiger partial charge in [-0.15, -0.1) is 0 Å². The lowest BCUT2D eigenvalue weighted by Crippen LogP contribution is -2.51. The lowest BCUT2D eigenvalue weighted by molar-refractivity contribution is -0.127. The number of ether oxygens (including phenoxy) is 1. The monoisotopic (exact) mass is 411 g/mol. The predicted molar refractivity (Wildman–Crippen MR) is 112 cm³/mol. The fourth-order valence-electron chi connectivity index (χ4n) is 2.53. The number of fused-ring (bicyclic) bond motifs is 1. The second kappa shape index (κ2) is 9.11. The summed E-state index contributed by atoms with van der Waals surface area (Å²) in [5.74, 6) is -0.901. The van der Waals surface area contributed by atoms with Gasteiger partial charge in [0.1, 0.15) is 11.6 Å². The van der Waals surface area contributed by atoms with E-state index in [0.29, 0.717) is 5.75 Å². The van der Waals surface area contributed by atoms with Crippen LogP contribution >= 0.6 is 12.2 Å². The number of hydrogen-bond donors (Lipinski definition) is 3. The molecule has 0 saturated heterocycles. The van der Waals surface area contributed by atoms with Crippen LogP contribution in [0, 0.1) is 5.82 Å². The van der Waals surface area contributed by atoms with E-state index in [4.69, 9.17) is 17.0 Å². The third kappa shape index (κ3) is 5.49. The first-order valence-electron chi connectivity index (χ1n) is 8.74. The van der Waals surface area contributed by atoms with Crippen LogP contribution in [0.15, 0.2) is 66.7 Å². The van der Waals surface area contributed by atoms with Crippen molar-refractivity contribution in [3.8, 4) is 5.75 Å². The minimum Gasteiger partial charge on any atom is -0.481 e. The Balaban J connectivity index is 1.49. The SMILES string of the molecule is C[C@H](Oc1ccc2ccccc2c1)C(=O)NNC(=S)NC(=O)c1ccc(F)cc1. The van der Waals surface area contributed by atoms with Crippen LogP contribution in [-0.2, 0) is 4.79 Å². The highest BCUT2D eigenvalue weighted by Gasteiger charge is 2.15. The van der Waals surface area contributed by atoms with Gasteiger partial charge in [-0.2, -0.15) is 0 Å². The van der Waals surface area contributed by atoms with Crippen LogP contribution in [0.2, 0.25) is 0 Å². The molecule has 0 heterocycles. The summed E-state index contributed by atoms with van der Waals surface area (Å²) in [5.41, 5.74) is 5.04. The zero-order valence-corrected chi connectivity index (χ0v) is 16.3. The third-order valence-electron chi connectivity index (χ3n) is 4.04. The average Bonchev–Trinajstić information content (AvgIpc) is 2.72. The van der Waals surface area contributed by atoms with Crippen LogP contribution < -0.4 is 20.9 Å². The molecule has 3 aromatic carbocycles. The summed E-state index contributed by atoms with van der Waals surface area (Å²) < 4.78 is 18.6. The van der Waals surface area contributed by atoms with Crippen molar-refractivity contribution >= 4 is 39.9 Å². The molecule has 1 atom stereocenters. The summed E-state index contributed by atoms with van der Waals surface area (Å²) in [6.07, 6.45) is -0.806. The van der Waals surface area contributed by atoms with E-state index in [1.807, 2.05) is 36.4 Å². The van der Waals surface area contributed by atoms with Crippen molar-refractivity contribution in [2.45, 2.75) is 13.0 Å². The normalized spacial score (nSPS) is 11.4. The van der Waals surface area contributed by atoms with Crippen LogP contribution in [0.5, 0.6) is 5.75 Å². The molecule has 29 heavy (non-hydrogen) atoms. The fourth-order valence-corrected chi connectivity index (χ4v) is 2.67. The molecule has 0 aliphatic heterocycles. The van der Waals surface area contributed by atoms with Crippen LogP contribution in [0.3, 0.4) is 0 Å². The van der Waals surface area contributed by atoms with E-state index in [1.54, 1.807) is 13.0 Å². The largest absolute Gasteiger partial charge is 0.481 e. The van der Waals surface area contributed by atoms with E-state index in [9.17, 15) is 14.0 Å². The van der Waals surface area contributed by atoms with Crippen molar-refractivity contribution in [3.63, 3.8) is 0 Å². The number of carbonyl (C=O) groups is 2. The molecule has 0 saturated carbocycles. The van der Waals surface area contributed by atoms with Gasteiger partial charge in [-0.1, -0.05) is 30.3 Å². The Hall–Kier alpha value is -3.52. The number of carbonyl (C=O) groups excluding carboxylic acids is 2. The summed E-state index contributed by atoms with van der Waals surface area (Å²) in [5, 5.41) is 4.35. The summed E-state index contributed by atoms with van der Waals surface area (Å²) in [4.78, 5) is 24.2. The minimum absolute atomic E-state index is 0.106. The summed E-state index contributed by atoms with van der Waals surface area (Å²) >= 11 is 4.97. The van der Waals surface area contributed by atoms with Crippen LogP contribution in [-0.4, -0.2) is 23.0 Å². The Morgan fingerprint density at radius 1 is 0.966 bits per heavy atom. The number of hydrogen-bond acceptors (Lipinski definition) is 4. The lowest BCUT2D eigenvalue weighted by Gasteiger charge is -2.16. The van der Waals surface area contributed by atoms with Crippen LogP contribution in [0.4, 0.5) is 4.39 Å². The molecule has 0 unspecified atom stereocenters. The van der Waals surface area contributed by atoms with Crippen molar-refractivity contribution in [1.82, 2.24) is 16.2 Å². The van der Waals surface area contributed by atoms with Gasteiger partial charge in [-0.05, 0) is 66.3 Å². The van der Waals surface area contributed by atoms with Gasteiger partial charge in [0.25, 0.3) is 11.8 Å². The Morgan fingerprint density at radius 3 is 2.38 bits per heavy atom. The molecule has 0 aliphatic rings. The first-order chi connectivity index (χ1) is 13.9. The van der Waals surface area contributed by atoms with Crippen molar-refractivity contribution in [3.05, 3.63) is 78.1 Å². The predicted octanol–water partition coefficient (Wildman–Crippen LogP) is 3.08. The van der Waals surface area contributed by atoms with E-state index < -0.39 is 23.7 Å². The van der Waals surface area contributed by atoms with E-state index in [1.165, 1.54) is 24.3 Å². The van der Waals surface area contributed by atoms with Gasteiger partial charge in [0.2, 0.25) is 0 Å². The molecule has 2 amide bonds. The van der Waals surface area contributed by atoms with E-state index >= 15 is 0 Å². The molecule has 8 heteroatoms. The number of halogens is 1. The van der Waals surface area contributed by atoms with E-state index in [2.05, 4.69) is 16.2 Å². The van der Waals surface area contributed by atoms with Gasteiger partial charge in [0.05, 0.1) is 0 Å². The Kier molecular flexibility index (Phi) is 6.36. The molecule has 0 aliphatic carbocycles. The number of amides is 2. The minimum atomic E-state index is -0.806. The smallest absolute Gasteiger partial charge is 0.279 e. The molecule has 3 aromatic rings. The number of benzene rings is 3. The van der Waals surface area contributed by atoms with Crippen molar-refractivity contribution < 1.29 is 18.7 Å². The zero-order chi connectivity index (χ0) is 20.8. The topological polar surface area (TPSA) is 79.5 Å². The Morgan fingerprint density at radius 2 is 1.66 bits per heavy atom. The van der Waals surface area contributed by atoms with Gasteiger partial charge < -0.3 is 4.74 Å². The highest BCUT2D eigenvalue weighted by molar-refractivity contribution is 7.80. The molecule has 3 rings (SSSR count).